The first-order valence-electron chi connectivity index (χ1n) is 13.2. The van der Waals surface area contributed by atoms with Crippen LogP contribution < -0.4 is 0 Å². The quantitative estimate of drug-likeness (QED) is 0.204. The number of thiophene rings is 1. The van der Waals surface area contributed by atoms with E-state index in [0.29, 0.717) is 0 Å². The van der Waals surface area contributed by atoms with Crippen molar-refractivity contribution in [3.63, 3.8) is 0 Å². The summed E-state index contributed by atoms with van der Waals surface area (Å²) in [6.45, 7) is 0. The van der Waals surface area contributed by atoms with E-state index < -0.39 is 0 Å². The van der Waals surface area contributed by atoms with Crippen LogP contribution in [0, 0.1) is 0 Å². The maximum absolute atomic E-state index is 5.27. The van der Waals surface area contributed by atoms with Gasteiger partial charge in [-0.2, -0.15) is 0 Å². The Kier molecular flexibility index (Phi) is 5.51. The van der Waals surface area contributed by atoms with E-state index in [1.165, 1.54) is 26.6 Å². The molecule has 2 aromatic heterocycles. The van der Waals surface area contributed by atoms with Crippen molar-refractivity contribution in [3.05, 3.63) is 132 Å². The molecule has 0 aliphatic carbocycles. The van der Waals surface area contributed by atoms with Gasteiger partial charge in [-0.3, -0.25) is 0 Å². The van der Waals surface area contributed by atoms with Crippen LogP contribution in [0.2, 0.25) is 0 Å². The third kappa shape index (κ3) is 3.83. The molecule has 6 aromatic carbocycles. The number of halogens is 1. The average Bonchev–Trinajstić information content (AvgIpc) is 3.39. The molecule has 8 rings (SSSR count). The first-order valence-corrected chi connectivity index (χ1v) is 14.8. The first-order chi connectivity index (χ1) is 19.7. The third-order valence-electron chi connectivity index (χ3n) is 7.55. The predicted octanol–water partition coefficient (Wildman–Crippen LogP) is 10.9. The summed E-state index contributed by atoms with van der Waals surface area (Å²) < 4.78 is 3.39. The molecule has 0 saturated carbocycles. The van der Waals surface area contributed by atoms with Crippen molar-refractivity contribution in [1.82, 2.24) is 9.97 Å². The Hall–Kier alpha value is -4.38. The van der Waals surface area contributed by atoms with Crippen LogP contribution >= 0.6 is 27.3 Å². The Morgan fingerprint density at radius 3 is 2.12 bits per heavy atom. The van der Waals surface area contributed by atoms with Gasteiger partial charge in [0.1, 0.15) is 0 Å². The highest BCUT2D eigenvalue weighted by molar-refractivity contribution is 9.10. The minimum Gasteiger partial charge on any atom is -0.226 e. The zero-order chi connectivity index (χ0) is 26.6. The molecule has 8 aromatic rings. The maximum Gasteiger partial charge on any atom is 0.161 e. The van der Waals surface area contributed by atoms with E-state index in [-0.39, 0.29) is 0 Å². The topological polar surface area (TPSA) is 25.8 Å². The smallest absolute Gasteiger partial charge is 0.161 e. The Morgan fingerprint density at radius 2 is 1.25 bits per heavy atom. The second-order valence-corrected chi connectivity index (χ2v) is 11.9. The standard InChI is InChI=1S/C36H21BrN2S/c37-31-18-17-29(27-12-6-7-13-28(27)31)36-38-33(23-9-2-1-3-10-23)35-34(39-36)30-21-26(16-19-32(30)40-35)25-15-14-22-8-4-5-11-24(22)20-25/h1-21H. The summed E-state index contributed by atoms with van der Waals surface area (Å²) in [6.07, 6.45) is 0. The summed E-state index contributed by atoms with van der Waals surface area (Å²) in [5, 5.41) is 5.94. The molecular formula is C36H21BrN2S. The lowest BCUT2D eigenvalue weighted by atomic mass is 10.00. The number of hydrogen-bond donors (Lipinski definition) is 0. The Balaban J connectivity index is 1.41. The second kappa shape index (κ2) is 9.37. The molecule has 0 aliphatic heterocycles. The van der Waals surface area contributed by atoms with Crippen LogP contribution in [-0.2, 0) is 0 Å². The van der Waals surface area contributed by atoms with Crippen LogP contribution in [0.3, 0.4) is 0 Å². The summed E-state index contributed by atoms with van der Waals surface area (Å²) in [7, 11) is 0. The van der Waals surface area contributed by atoms with E-state index in [2.05, 4.69) is 137 Å². The fourth-order valence-corrected chi connectivity index (χ4v) is 7.17. The van der Waals surface area contributed by atoms with E-state index >= 15 is 0 Å². The van der Waals surface area contributed by atoms with Gasteiger partial charge >= 0.3 is 0 Å². The van der Waals surface area contributed by atoms with Crippen molar-refractivity contribution in [2.75, 3.05) is 0 Å². The monoisotopic (exact) mass is 592 g/mol. The fraction of sp³-hybridized carbons (Fsp3) is 0. The van der Waals surface area contributed by atoms with E-state index in [4.69, 9.17) is 9.97 Å². The van der Waals surface area contributed by atoms with E-state index in [9.17, 15) is 0 Å². The van der Waals surface area contributed by atoms with Gasteiger partial charge in [-0.25, -0.2) is 9.97 Å². The van der Waals surface area contributed by atoms with Crippen LogP contribution in [-0.4, -0.2) is 9.97 Å². The van der Waals surface area contributed by atoms with Gasteiger partial charge in [0.2, 0.25) is 0 Å². The molecule has 0 bridgehead atoms. The highest BCUT2D eigenvalue weighted by Gasteiger charge is 2.18. The zero-order valence-electron chi connectivity index (χ0n) is 21.3. The minimum atomic E-state index is 0.742. The molecular weight excluding hydrogens is 572 g/mol. The molecule has 2 heterocycles. The number of benzene rings is 6. The van der Waals surface area contributed by atoms with Crippen molar-refractivity contribution >= 4 is 69.1 Å². The summed E-state index contributed by atoms with van der Waals surface area (Å²) in [4.78, 5) is 10.5. The fourth-order valence-electron chi connectivity index (χ4n) is 5.56. The summed E-state index contributed by atoms with van der Waals surface area (Å²) >= 11 is 5.49. The summed E-state index contributed by atoms with van der Waals surface area (Å²) in [5.74, 6) is 0.742. The second-order valence-electron chi connectivity index (χ2n) is 9.96. The van der Waals surface area contributed by atoms with Crippen LogP contribution in [0.5, 0.6) is 0 Å². The van der Waals surface area contributed by atoms with Gasteiger partial charge in [0.05, 0.1) is 15.9 Å². The van der Waals surface area contributed by atoms with Gasteiger partial charge in [0.25, 0.3) is 0 Å². The average molecular weight is 594 g/mol. The SMILES string of the molecule is Brc1ccc(-c2nc(-c3ccccc3)c3sc4ccc(-c5ccc6ccccc6c5)cc4c3n2)c2ccccc12. The number of hydrogen-bond acceptors (Lipinski definition) is 3. The summed E-state index contributed by atoms with van der Waals surface area (Å²) in [5.41, 5.74) is 6.49. The van der Waals surface area contributed by atoms with E-state index in [1.807, 2.05) is 6.07 Å². The van der Waals surface area contributed by atoms with Gasteiger partial charge in [-0.1, -0.05) is 113 Å². The number of rotatable bonds is 3. The molecule has 0 unspecified atom stereocenters. The third-order valence-corrected chi connectivity index (χ3v) is 9.41. The molecule has 188 valence electrons. The van der Waals surface area contributed by atoms with Crippen molar-refractivity contribution < 1.29 is 0 Å². The van der Waals surface area contributed by atoms with Gasteiger partial charge in [-0.15, -0.1) is 11.3 Å². The molecule has 40 heavy (non-hydrogen) atoms. The Morgan fingerprint density at radius 1 is 0.525 bits per heavy atom. The van der Waals surface area contributed by atoms with Gasteiger partial charge in [0, 0.05) is 25.7 Å². The van der Waals surface area contributed by atoms with Crippen LogP contribution in [0.1, 0.15) is 0 Å². The molecule has 2 nitrogen and oxygen atoms in total. The zero-order valence-corrected chi connectivity index (χ0v) is 23.7. The minimum absolute atomic E-state index is 0.742. The maximum atomic E-state index is 5.27. The van der Waals surface area contributed by atoms with Crippen LogP contribution in [0.4, 0.5) is 0 Å². The van der Waals surface area contributed by atoms with E-state index in [1.54, 1.807) is 11.3 Å². The van der Waals surface area contributed by atoms with Gasteiger partial charge < -0.3 is 0 Å². The van der Waals surface area contributed by atoms with E-state index in [0.717, 1.165) is 53.5 Å². The lowest BCUT2D eigenvalue weighted by molar-refractivity contribution is 1.24. The normalized spacial score (nSPS) is 11.6. The van der Waals surface area contributed by atoms with Gasteiger partial charge in [-0.05, 0) is 63.0 Å². The highest BCUT2D eigenvalue weighted by Crippen LogP contribution is 2.42. The predicted molar refractivity (Wildman–Crippen MR) is 174 cm³/mol. The molecule has 0 radical (unpaired) electrons. The first kappa shape index (κ1) is 23.5. The number of nitrogens with zero attached hydrogens (tertiary/aromatic N) is 2. The van der Waals surface area contributed by atoms with Crippen molar-refractivity contribution in [1.29, 1.82) is 0 Å². The molecule has 0 fully saturated rings. The molecule has 4 heteroatoms. The molecule has 0 amide bonds. The number of aromatic nitrogens is 2. The molecule has 0 N–H and O–H groups in total. The molecule has 0 aliphatic rings. The highest BCUT2D eigenvalue weighted by atomic mass is 79.9. The van der Waals surface area contributed by atoms with Crippen LogP contribution in [0.15, 0.2) is 132 Å². The Bertz CT molecular complexity index is 2230. The van der Waals surface area contributed by atoms with Crippen molar-refractivity contribution in [2.45, 2.75) is 0 Å². The molecule has 0 spiro atoms. The molecule has 0 saturated heterocycles. The van der Waals surface area contributed by atoms with Crippen LogP contribution in [0.25, 0.3) is 75.6 Å². The number of fused-ring (bicyclic) bond motifs is 5. The van der Waals surface area contributed by atoms with Crippen molar-refractivity contribution in [3.8, 4) is 33.8 Å². The lowest BCUT2D eigenvalue weighted by Gasteiger charge is -2.10. The Labute approximate surface area is 243 Å². The lowest BCUT2D eigenvalue weighted by Crippen LogP contribution is -1.94. The van der Waals surface area contributed by atoms with Crippen molar-refractivity contribution in [2.24, 2.45) is 0 Å². The largest absolute Gasteiger partial charge is 0.226 e. The van der Waals surface area contributed by atoms with Gasteiger partial charge in [0.15, 0.2) is 5.82 Å². The summed E-state index contributed by atoms with van der Waals surface area (Å²) in [6, 6.07) is 45.0. The molecule has 0 atom stereocenters.